The Morgan fingerprint density at radius 1 is 1.38 bits per heavy atom. The molecule has 0 saturated heterocycles. The fraction of sp³-hybridized carbons (Fsp3) is 0.462. The Morgan fingerprint density at radius 3 is 2.62 bits per heavy atom. The van der Waals surface area contributed by atoms with E-state index in [1.807, 2.05) is 0 Å². The Labute approximate surface area is 96.8 Å². The summed E-state index contributed by atoms with van der Waals surface area (Å²) in [6, 6.07) is 6.26. The summed E-state index contributed by atoms with van der Waals surface area (Å²) < 4.78 is 0. The number of amides is 1. The first-order chi connectivity index (χ1) is 7.50. The molecule has 1 aromatic rings. The van der Waals surface area contributed by atoms with Crippen LogP contribution >= 0.6 is 0 Å². The molecular weight excluding hydrogens is 200 g/mol. The van der Waals surface area contributed by atoms with E-state index in [1.165, 1.54) is 11.1 Å². The number of carbonyl (C=O) groups is 1. The Hall–Kier alpha value is -1.35. The van der Waals surface area contributed by atoms with Crippen molar-refractivity contribution in [3.63, 3.8) is 0 Å². The van der Waals surface area contributed by atoms with Crippen LogP contribution in [0.5, 0.6) is 0 Å². The van der Waals surface area contributed by atoms with Crippen molar-refractivity contribution in [3.8, 4) is 0 Å². The SMILES string of the molecule is Cc1ccc(C(N)CCCC(N)=O)c(C)c1. The molecule has 0 aliphatic carbocycles. The van der Waals surface area contributed by atoms with E-state index in [-0.39, 0.29) is 11.9 Å². The molecule has 16 heavy (non-hydrogen) atoms. The first-order valence-electron chi connectivity index (χ1n) is 5.61. The fourth-order valence-electron chi connectivity index (χ4n) is 1.89. The van der Waals surface area contributed by atoms with Crippen molar-refractivity contribution in [2.45, 2.75) is 39.2 Å². The number of nitrogens with two attached hydrogens (primary N) is 2. The van der Waals surface area contributed by atoms with Crippen LogP contribution in [-0.4, -0.2) is 5.91 Å². The first kappa shape index (κ1) is 12.7. The van der Waals surface area contributed by atoms with Gasteiger partial charge < -0.3 is 11.5 Å². The number of hydrogen-bond donors (Lipinski definition) is 2. The normalized spacial score (nSPS) is 12.4. The number of primary amides is 1. The van der Waals surface area contributed by atoms with E-state index >= 15 is 0 Å². The summed E-state index contributed by atoms with van der Waals surface area (Å²) in [7, 11) is 0. The Bertz CT molecular complexity index is 374. The van der Waals surface area contributed by atoms with Crippen LogP contribution in [0.2, 0.25) is 0 Å². The molecule has 0 aromatic heterocycles. The highest BCUT2D eigenvalue weighted by atomic mass is 16.1. The second-order valence-electron chi connectivity index (χ2n) is 4.33. The van der Waals surface area contributed by atoms with Gasteiger partial charge in [0.05, 0.1) is 0 Å². The van der Waals surface area contributed by atoms with E-state index in [9.17, 15) is 4.79 Å². The van der Waals surface area contributed by atoms with Gasteiger partial charge in [0.2, 0.25) is 5.91 Å². The third kappa shape index (κ3) is 3.66. The summed E-state index contributed by atoms with van der Waals surface area (Å²) in [4.78, 5) is 10.6. The number of benzene rings is 1. The molecule has 0 saturated carbocycles. The third-order valence-electron chi connectivity index (χ3n) is 2.76. The number of aryl methyl sites for hydroxylation is 2. The molecule has 0 aliphatic rings. The lowest BCUT2D eigenvalue weighted by Gasteiger charge is -2.14. The lowest BCUT2D eigenvalue weighted by Crippen LogP contribution is -2.14. The van der Waals surface area contributed by atoms with Crippen molar-refractivity contribution in [2.24, 2.45) is 11.5 Å². The standard InChI is InChI=1S/C13H20N2O/c1-9-6-7-11(10(2)8-9)12(14)4-3-5-13(15)16/h6-8,12H,3-5,14H2,1-2H3,(H2,15,16). The number of carbonyl (C=O) groups excluding carboxylic acids is 1. The van der Waals surface area contributed by atoms with Gasteiger partial charge >= 0.3 is 0 Å². The molecule has 3 heteroatoms. The molecule has 0 bridgehead atoms. The second kappa shape index (κ2) is 5.66. The van der Waals surface area contributed by atoms with Crippen molar-refractivity contribution in [2.75, 3.05) is 0 Å². The zero-order chi connectivity index (χ0) is 12.1. The lowest BCUT2D eigenvalue weighted by molar-refractivity contribution is -0.118. The highest BCUT2D eigenvalue weighted by Crippen LogP contribution is 2.21. The van der Waals surface area contributed by atoms with Crippen LogP contribution in [0.25, 0.3) is 0 Å². The van der Waals surface area contributed by atoms with Crippen LogP contribution in [0.1, 0.15) is 42.0 Å². The molecule has 1 atom stereocenters. The van der Waals surface area contributed by atoms with Crippen molar-refractivity contribution < 1.29 is 4.79 Å². The average Bonchev–Trinajstić information content (AvgIpc) is 2.16. The Balaban J connectivity index is 2.58. The Morgan fingerprint density at radius 2 is 2.06 bits per heavy atom. The van der Waals surface area contributed by atoms with E-state index in [1.54, 1.807) is 0 Å². The van der Waals surface area contributed by atoms with E-state index < -0.39 is 0 Å². The second-order valence-corrected chi connectivity index (χ2v) is 4.33. The topological polar surface area (TPSA) is 69.1 Å². The lowest BCUT2D eigenvalue weighted by atomic mass is 9.96. The third-order valence-corrected chi connectivity index (χ3v) is 2.76. The quantitative estimate of drug-likeness (QED) is 0.796. The van der Waals surface area contributed by atoms with Gasteiger partial charge in [-0.2, -0.15) is 0 Å². The minimum Gasteiger partial charge on any atom is -0.370 e. The van der Waals surface area contributed by atoms with Crippen molar-refractivity contribution >= 4 is 5.91 Å². The molecule has 0 spiro atoms. The van der Waals surface area contributed by atoms with Crippen LogP contribution in [0, 0.1) is 13.8 Å². The van der Waals surface area contributed by atoms with E-state index in [0.717, 1.165) is 18.4 Å². The molecule has 0 aliphatic heterocycles. The first-order valence-corrected chi connectivity index (χ1v) is 5.61. The van der Waals surface area contributed by atoms with E-state index in [4.69, 9.17) is 11.5 Å². The van der Waals surface area contributed by atoms with E-state index in [0.29, 0.717) is 6.42 Å². The molecule has 1 rings (SSSR count). The molecule has 0 heterocycles. The molecule has 4 N–H and O–H groups in total. The maximum absolute atomic E-state index is 10.6. The predicted octanol–water partition coefficient (Wildman–Crippen LogP) is 1.96. The van der Waals surface area contributed by atoms with Gasteiger partial charge in [-0.15, -0.1) is 0 Å². The van der Waals surface area contributed by atoms with Gasteiger partial charge in [0, 0.05) is 12.5 Å². The van der Waals surface area contributed by atoms with Gasteiger partial charge in [0.25, 0.3) is 0 Å². The summed E-state index contributed by atoms with van der Waals surface area (Å²) in [5.74, 6) is -0.257. The molecule has 1 amide bonds. The van der Waals surface area contributed by atoms with Crippen molar-refractivity contribution in [1.29, 1.82) is 0 Å². The van der Waals surface area contributed by atoms with Gasteiger partial charge in [0.1, 0.15) is 0 Å². The van der Waals surface area contributed by atoms with Crippen LogP contribution in [0.15, 0.2) is 18.2 Å². The monoisotopic (exact) mass is 220 g/mol. The minimum absolute atomic E-state index is 0.0000463. The van der Waals surface area contributed by atoms with Gasteiger partial charge in [0.15, 0.2) is 0 Å². The smallest absolute Gasteiger partial charge is 0.217 e. The zero-order valence-corrected chi connectivity index (χ0v) is 9.99. The summed E-state index contributed by atoms with van der Waals surface area (Å²) in [6.45, 7) is 4.13. The van der Waals surface area contributed by atoms with Crippen LogP contribution in [0.4, 0.5) is 0 Å². The van der Waals surface area contributed by atoms with Gasteiger partial charge in [-0.1, -0.05) is 23.8 Å². The molecule has 0 radical (unpaired) electrons. The van der Waals surface area contributed by atoms with Crippen molar-refractivity contribution in [3.05, 3.63) is 34.9 Å². The molecule has 1 unspecified atom stereocenters. The van der Waals surface area contributed by atoms with Gasteiger partial charge in [-0.05, 0) is 37.8 Å². The molecule has 88 valence electrons. The van der Waals surface area contributed by atoms with Gasteiger partial charge in [-0.3, -0.25) is 4.79 Å². The minimum atomic E-state index is -0.257. The summed E-state index contributed by atoms with van der Waals surface area (Å²) >= 11 is 0. The van der Waals surface area contributed by atoms with Crippen LogP contribution in [-0.2, 0) is 4.79 Å². The average molecular weight is 220 g/mol. The molecule has 3 nitrogen and oxygen atoms in total. The molecule has 0 fully saturated rings. The maximum Gasteiger partial charge on any atom is 0.217 e. The highest BCUT2D eigenvalue weighted by Gasteiger charge is 2.09. The maximum atomic E-state index is 10.6. The zero-order valence-electron chi connectivity index (χ0n) is 9.99. The van der Waals surface area contributed by atoms with Crippen molar-refractivity contribution in [1.82, 2.24) is 0 Å². The van der Waals surface area contributed by atoms with Gasteiger partial charge in [-0.25, -0.2) is 0 Å². The Kier molecular flexibility index (Phi) is 4.50. The summed E-state index contributed by atoms with van der Waals surface area (Å²) in [6.07, 6.45) is 1.97. The molecule has 1 aromatic carbocycles. The highest BCUT2D eigenvalue weighted by molar-refractivity contribution is 5.73. The van der Waals surface area contributed by atoms with Crippen LogP contribution < -0.4 is 11.5 Å². The summed E-state index contributed by atoms with van der Waals surface area (Å²) in [5.41, 5.74) is 14.8. The number of hydrogen-bond acceptors (Lipinski definition) is 2. The fourth-order valence-corrected chi connectivity index (χ4v) is 1.89. The van der Waals surface area contributed by atoms with E-state index in [2.05, 4.69) is 32.0 Å². The molecular formula is C13H20N2O. The largest absolute Gasteiger partial charge is 0.370 e. The number of rotatable bonds is 5. The summed E-state index contributed by atoms with van der Waals surface area (Å²) in [5, 5.41) is 0. The predicted molar refractivity (Wildman–Crippen MR) is 65.9 cm³/mol. The van der Waals surface area contributed by atoms with Crippen LogP contribution in [0.3, 0.4) is 0 Å².